The van der Waals surface area contributed by atoms with Crippen LogP contribution in [0, 0.1) is 11.3 Å². The lowest BCUT2D eigenvalue weighted by Gasteiger charge is -2.39. The van der Waals surface area contributed by atoms with Gasteiger partial charge in [0.25, 0.3) is 0 Å². The molecular weight excluding hydrogens is 231 g/mol. The van der Waals surface area contributed by atoms with Gasteiger partial charge in [-0.25, -0.2) is 0 Å². The number of hydrogen-bond donors (Lipinski definition) is 0. The highest BCUT2D eigenvalue weighted by molar-refractivity contribution is 6.84. The summed E-state index contributed by atoms with van der Waals surface area (Å²) in [6, 6.07) is 8.55. The maximum atomic E-state index is 11.8. The quantitative estimate of drug-likeness (QED) is 0.757. The standard InChI is InChI=1S/C17H27BO/c1-12(2)15(19)18-14-10-8-13(9-11-14)17(6,7)16(3,4)5/h8-12,18H,1-7H3. The van der Waals surface area contributed by atoms with Crippen LogP contribution in [0.4, 0.5) is 0 Å². The largest absolute Gasteiger partial charge is 0.311 e. The molecule has 0 amide bonds. The summed E-state index contributed by atoms with van der Waals surface area (Å²) >= 11 is 0. The summed E-state index contributed by atoms with van der Waals surface area (Å²) in [6.45, 7) is 15.3. The number of carbonyl (C=O) groups is 1. The normalized spacial score (nSPS) is 12.6. The fourth-order valence-electron chi connectivity index (χ4n) is 1.88. The van der Waals surface area contributed by atoms with Gasteiger partial charge in [-0.2, -0.15) is 0 Å². The van der Waals surface area contributed by atoms with Crippen LogP contribution < -0.4 is 5.46 Å². The molecule has 0 aliphatic heterocycles. The van der Waals surface area contributed by atoms with Crippen LogP contribution in [-0.4, -0.2) is 13.0 Å². The van der Waals surface area contributed by atoms with E-state index in [9.17, 15) is 4.79 Å². The van der Waals surface area contributed by atoms with Gasteiger partial charge in [-0.15, -0.1) is 0 Å². The smallest absolute Gasteiger partial charge is 0.239 e. The van der Waals surface area contributed by atoms with Gasteiger partial charge in [0.15, 0.2) is 0 Å². The van der Waals surface area contributed by atoms with Crippen LogP contribution in [0.3, 0.4) is 0 Å². The van der Waals surface area contributed by atoms with Crippen molar-refractivity contribution in [3.05, 3.63) is 29.8 Å². The molecule has 0 aliphatic carbocycles. The Morgan fingerprint density at radius 3 is 1.84 bits per heavy atom. The minimum atomic E-state index is 0.116. The Labute approximate surface area is 119 Å². The molecule has 0 aromatic heterocycles. The van der Waals surface area contributed by atoms with Crippen LogP contribution in [0.1, 0.15) is 54.0 Å². The molecule has 0 saturated heterocycles. The van der Waals surface area contributed by atoms with Crippen molar-refractivity contribution < 1.29 is 4.79 Å². The molecule has 0 saturated carbocycles. The first kappa shape index (κ1) is 16.0. The van der Waals surface area contributed by atoms with Crippen molar-refractivity contribution in [1.82, 2.24) is 0 Å². The number of carbonyl (C=O) groups excluding carboxylic acids is 1. The zero-order chi connectivity index (χ0) is 14.8. The Morgan fingerprint density at radius 1 is 1.00 bits per heavy atom. The Morgan fingerprint density at radius 2 is 1.47 bits per heavy atom. The predicted molar refractivity (Wildman–Crippen MR) is 85.6 cm³/mol. The van der Waals surface area contributed by atoms with Crippen molar-refractivity contribution in [3.63, 3.8) is 0 Å². The van der Waals surface area contributed by atoms with Gasteiger partial charge in [-0.3, -0.25) is 0 Å². The van der Waals surface area contributed by atoms with Crippen LogP contribution >= 0.6 is 0 Å². The zero-order valence-corrected chi connectivity index (χ0v) is 13.5. The maximum absolute atomic E-state index is 11.8. The van der Waals surface area contributed by atoms with E-state index in [1.54, 1.807) is 0 Å². The van der Waals surface area contributed by atoms with E-state index in [1.807, 2.05) is 13.8 Å². The van der Waals surface area contributed by atoms with Crippen LogP contribution in [0.5, 0.6) is 0 Å². The molecule has 0 radical (unpaired) electrons. The number of rotatable bonds is 4. The van der Waals surface area contributed by atoms with Gasteiger partial charge >= 0.3 is 0 Å². The lowest BCUT2D eigenvalue weighted by molar-refractivity contribution is -0.114. The van der Waals surface area contributed by atoms with Crippen molar-refractivity contribution in [2.24, 2.45) is 11.3 Å². The molecule has 0 atom stereocenters. The summed E-state index contributed by atoms with van der Waals surface area (Å²) in [5.74, 6) is 0.116. The lowest BCUT2D eigenvalue weighted by Crippen LogP contribution is -2.34. The highest BCUT2D eigenvalue weighted by Gasteiger charge is 2.34. The van der Waals surface area contributed by atoms with E-state index in [0.29, 0.717) is 13.0 Å². The molecule has 0 heterocycles. The third-order valence-corrected chi connectivity index (χ3v) is 4.57. The molecule has 0 spiro atoms. The fraction of sp³-hybridized carbons (Fsp3) is 0.588. The Bertz CT molecular complexity index is 435. The van der Waals surface area contributed by atoms with E-state index >= 15 is 0 Å². The van der Waals surface area contributed by atoms with Gasteiger partial charge in [0, 0.05) is 5.92 Å². The van der Waals surface area contributed by atoms with E-state index in [2.05, 4.69) is 58.9 Å². The van der Waals surface area contributed by atoms with E-state index < -0.39 is 0 Å². The van der Waals surface area contributed by atoms with Crippen molar-refractivity contribution in [1.29, 1.82) is 0 Å². The Hall–Kier alpha value is -1.05. The maximum Gasteiger partial charge on any atom is 0.239 e. The average molecular weight is 258 g/mol. The number of hydrogen-bond acceptors (Lipinski definition) is 1. The number of benzene rings is 1. The summed E-state index contributed by atoms with van der Waals surface area (Å²) in [6.07, 6.45) is 0. The topological polar surface area (TPSA) is 17.1 Å². The SMILES string of the molecule is CC(C)C(=O)Bc1ccc(C(C)(C)C(C)(C)C)cc1. The molecule has 1 rings (SSSR count). The van der Waals surface area contributed by atoms with Gasteiger partial charge in [0.2, 0.25) is 7.28 Å². The molecule has 104 valence electrons. The summed E-state index contributed by atoms with van der Waals surface area (Å²) in [4.78, 5) is 11.8. The van der Waals surface area contributed by atoms with Gasteiger partial charge in [0.1, 0.15) is 0 Å². The predicted octanol–water partition coefficient (Wildman–Crippen LogP) is 3.25. The molecule has 1 aromatic carbocycles. The second kappa shape index (κ2) is 5.52. The Kier molecular flexibility index (Phi) is 4.65. The summed E-state index contributed by atoms with van der Waals surface area (Å²) < 4.78 is 0. The molecule has 2 heteroatoms. The molecule has 0 unspecified atom stereocenters. The highest BCUT2D eigenvalue weighted by Crippen LogP contribution is 2.40. The fourth-order valence-corrected chi connectivity index (χ4v) is 1.88. The van der Waals surface area contributed by atoms with E-state index in [1.165, 1.54) is 5.56 Å². The molecule has 1 nitrogen and oxygen atoms in total. The minimum absolute atomic E-state index is 0.116. The van der Waals surface area contributed by atoms with Crippen molar-refractivity contribution in [3.8, 4) is 0 Å². The van der Waals surface area contributed by atoms with Crippen molar-refractivity contribution in [2.75, 3.05) is 0 Å². The molecule has 19 heavy (non-hydrogen) atoms. The van der Waals surface area contributed by atoms with E-state index in [4.69, 9.17) is 0 Å². The molecule has 0 N–H and O–H groups in total. The highest BCUT2D eigenvalue weighted by atomic mass is 16.1. The molecule has 1 aromatic rings. The van der Waals surface area contributed by atoms with E-state index in [-0.39, 0.29) is 16.7 Å². The third-order valence-electron chi connectivity index (χ3n) is 4.57. The van der Waals surface area contributed by atoms with Crippen LogP contribution in [0.2, 0.25) is 0 Å². The van der Waals surface area contributed by atoms with Crippen molar-refractivity contribution >= 4 is 18.4 Å². The zero-order valence-electron chi connectivity index (χ0n) is 13.5. The third kappa shape index (κ3) is 3.71. The van der Waals surface area contributed by atoms with Gasteiger partial charge < -0.3 is 4.79 Å². The van der Waals surface area contributed by atoms with Crippen LogP contribution in [0.15, 0.2) is 24.3 Å². The first-order chi connectivity index (χ1) is 8.55. The average Bonchev–Trinajstić information content (AvgIpc) is 2.28. The second-order valence-corrected chi connectivity index (χ2v) is 7.37. The first-order valence-electron chi connectivity index (χ1n) is 7.18. The summed E-state index contributed by atoms with van der Waals surface area (Å²) in [5.41, 5.74) is 3.09. The van der Waals surface area contributed by atoms with E-state index in [0.717, 1.165) is 5.46 Å². The summed E-state index contributed by atoms with van der Waals surface area (Å²) in [5, 5.41) is 0. The molecule has 0 aliphatic rings. The van der Waals surface area contributed by atoms with Gasteiger partial charge in [-0.05, 0) is 16.4 Å². The Balaban J connectivity index is 2.91. The van der Waals surface area contributed by atoms with Gasteiger partial charge in [-0.1, -0.05) is 78.2 Å². The first-order valence-corrected chi connectivity index (χ1v) is 7.18. The van der Waals surface area contributed by atoms with Crippen LogP contribution in [-0.2, 0) is 10.2 Å². The minimum Gasteiger partial charge on any atom is -0.311 e. The lowest BCUT2D eigenvalue weighted by atomic mass is 9.61. The molecule has 0 bridgehead atoms. The summed E-state index contributed by atoms with van der Waals surface area (Å²) in [7, 11) is 0.549. The molecular formula is C17H27BO. The van der Waals surface area contributed by atoms with Crippen molar-refractivity contribution in [2.45, 2.75) is 53.9 Å². The monoisotopic (exact) mass is 258 g/mol. The van der Waals surface area contributed by atoms with Gasteiger partial charge in [0.05, 0.1) is 5.68 Å². The van der Waals surface area contributed by atoms with Crippen LogP contribution in [0.25, 0.3) is 0 Å². The molecule has 0 fully saturated rings. The second-order valence-electron chi connectivity index (χ2n) is 7.37.